The van der Waals surface area contributed by atoms with Crippen LogP contribution in [0.1, 0.15) is 23.2 Å². The molecule has 0 aliphatic heterocycles. The van der Waals surface area contributed by atoms with Crippen LogP contribution in [-0.4, -0.2) is 23.2 Å². The smallest absolute Gasteiger partial charge is 0.420 e. The number of esters is 1. The van der Waals surface area contributed by atoms with Crippen molar-refractivity contribution in [1.82, 2.24) is 4.98 Å². The highest BCUT2D eigenvalue weighted by Crippen LogP contribution is 2.41. The lowest BCUT2D eigenvalue weighted by Crippen LogP contribution is -2.15. The molecule has 19 heavy (non-hydrogen) atoms. The van der Waals surface area contributed by atoms with Gasteiger partial charge in [0, 0.05) is 6.20 Å². The second kappa shape index (κ2) is 5.37. The number of rotatable bonds is 3. The molecular formula is C10H8F5NO3. The van der Waals surface area contributed by atoms with Gasteiger partial charge in [-0.3, -0.25) is 9.78 Å². The predicted octanol–water partition coefficient (Wildman–Crippen LogP) is 2.46. The highest BCUT2D eigenvalue weighted by Gasteiger charge is 2.39. The number of aromatic hydroxyl groups is 1. The van der Waals surface area contributed by atoms with Crippen LogP contribution < -0.4 is 0 Å². The number of hydrogen-bond acceptors (Lipinski definition) is 4. The molecule has 1 rings (SSSR count). The maximum Gasteiger partial charge on any atom is 0.420 e. The number of methoxy groups -OCH3 is 1. The number of nitrogens with zero attached hydrogens (tertiary/aromatic N) is 1. The first-order chi connectivity index (χ1) is 8.68. The normalized spacial score (nSPS) is 11.7. The Kier molecular flexibility index (Phi) is 4.28. The number of alkyl halides is 5. The summed E-state index contributed by atoms with van der Waals surface area (Å²) in [7, 11) is 0.955. The SMILES string of the molecule is COC(=O)Cc1cnc(C(F)F)c(O)c1C(F)(F)F. The van der Waals surface area contributed by atoms with E-state index in [2.05, 4.69) is 9.72 Å². The first-order valence-corrected chi connectivity index (χ1v) is 4.81. The third-order valence-corrected chi connectivity index (χ3v) is 2.21. The summed E-state index contributed by atoms with van der Waals surface area (Å²) in [6.07, 6.45) is -8.83. The van der Waals surface area contributed by atoms with Gasteiger partial charge in [0.2, 0.25) is 0 Å². The summed E-state index contributed by atoms with van der Waals surface area (Å²) < 4.78 is 67.1. The van der Waals surface area contributed by atoms with Gasteiger partial charge in [0.05, 0.1) is 13.5 Å². The molecule has 1 aromatic rings. The largest absolute Gasteiger partial charge is 0.505 e. The second-order valence-corrected chi connectivity index (χ2v) is 3.44. The van der Waals surface area contributed by atoms with Gasteiger partial charge in [0.1, 0.15) is 11.3 Å². The highest BCUT2D eigenvalue weighted by atomic mass is 19.4. The van der Waals surface area contributed by atoms with Crippen LogP contribution in [0.5, 0.6) is 5.75 Å². The Labute approximate surface area is 103 Å². The molecule has 0 bridgehead atoms. The number of carbonyl (C=O) groups is 1. The van der Waals surface area contributed by atoms with E-state index in [1.807, 2.05) is 0 Å². The van der Waals surface area contributed by atoms with Crippen LogP contribution in [0.25, 0.3) is 0 Å². The third kappa shape index (κ3) is 3.30. The zero-order chi connectivity index (χ0) is 14.8. The Morgan fingerprint density at radius 1 is 1.47 bits per heavy atom. The van der Waals surface area contributed by atoms with Gasteiger partial charge >= 0.3 is 12.1 Å². The summed E-state index contributed by atoms with van der Waals surface area (Å²) in [5.41, 5.74) is -3.83. The van der Waals surface area contributed by atoms with E-state index in [0.29, 0.717) is 6.20 Å². The van der Waals surface area contributed by atoms with E-state index in [1.165, 1.54) is 0 Å². The van der Waals surface area contributed by atoms with Gasteiger partial charge in [-0.05, 0) is 5.56 Å². The van der Waals surface area contributed by atoms with Crippen LogP contribution in [0, 0.1) is 0 Å². The minimum atomic E-state index is -5.10. The maximum absolute atomic E-state index is 12.7. The second-order valence-electron chi connectivity index (χ2n) is 3.44. The molecule has 0 saturated heterocycles. The van der Waals surface area contributed by atoms with E-state index in [4.69, 9.17) is 0 Å². The predicted molar refractivity (Wildman–Crippen MR) is 51.6 cm³/mol. The molecular weight excluding hydrogens is 277 g/mol. The topological polar surface area (TPSA) is 59.4 Å². The van der Waals surface area contributed by atoms with Crippen LogP contribution >= 0.6 is 0 Å². The van der Waals surface area contributed by atoms with E-state index in [-0.39, 0.29) is 0 Å². The van der Waals surface area contributed by atoms with Crippen molar-refractivity contribution in [1.29, 1.82) is 0 Å². The van der Waals surface area contributed by atoms with E-state index in [9.17, 15) is 31.9 Å². The number of aromatic nitrogens is 1. The van der Waals surface area contributed by atoms with Crippen molar-refractivity contribution >= 4 is 5.97 Å². The molecule has 106 valence electrons. The lowest BCUT2D eigenvalue weighted by atomic mass is 10.0. The molecule has 0 amide bonds. The zero-order valence-corrected chi connectivity index (χ0v) is 9.46. The van der Waals surface area contributed by atoms with Crippen molar-refractivity contribution in [2.45, 2.75) is 19.0 Å². The molecule has 1 aromatic heterocycles. The number of halogens is 5. The molecule has 4 nitrogen and oxygen atoms in total. The molecule has 9 heteroatoms. The van der Waals surface area contributed by atoms with Crippen molar-refractivity contribution in [3.05, 3.63) is 23.0 Å². The highest BCUT2D eigenvalue weighted by molar-refractivity contribution is 5.73. The van der Waals surface area contributed by atoms with Gasteiger partial charge in [-0.25, -0.2) is 8.78 Å². The van der Waals surface area contributed by atoms with E-state index < -0.39 is 47.6 Å². The van der Waals surface area contributed by atoms with E-state index in [1.54, 1.807) is 0 Å². The minimum absolute atomic E-state index is 0.473. The Bertz CT molecular complexity index is 487. The number of carbonyl (C=O) groups excluding carboxylic acids is 1. The van der Waals surface area contributed by atoms with Crippen LogP contribution in [0.15, 0.2) is 6.20 Å². The van der Waals surface area contributed by atoms with Crippen LogP contribution in [0.2, 0.25) is 0 Å². The monoisotopic (exact) mass is 285 g/mol. The molecule has 0 aliphatic carbocycles. The standard InChI is InChI=1S/C10H8F5NO3/c1-19-5(17)2-4-3-16-7(9(11)12)8(18)6(4)10(13,14)15/h3,9,18H,2H2,1H3. The Balaban J connectivity index is 3.40. The van der Waals surface area contributed by atoms with Crippen molar-refractivity contribution in [2.24, 2.45) is 0 Å². The van der Waals surface area contributed by atoms with Crippen LogP contribution in [-0.2, 0) is 22.1 Å². The summed E-state index contributed by atoms with van der Waals surface area (Å²) >= 11 is 0. The quantitative estimate of drug-likeness (QED) is 0.684. The first kappa shape index (κ1) is 15.1. The average molecular weight is 285 g/mol. The molecule has 0 atom stereocenters. The van der Waals surface area contributed by atoms with Gasteiger partial charge in [-0.1, -0.05) is 0 Å². The Morgan fingerprint density at radius 3 is 2.47 bits per heavy atom. The third-order valence-electron chi connectivity index (χ3n) is 2.21. The molecule has 1 N–H and O–H groups in total. The lowest BCUT2D eigenvalue weighted by Gasteiger charge is -2.15. The molecule has 0 aliphatic rings. The first-order valence-electron chi connectivity index (χ1n) is 4.81. The zero-order valence-electron chi connectivity index (χ0n) is 9.46. The Morgan fingerprint density at radius 2 is 2.05 bits per heavy atom. The van der Waals surface area contributed by atoms with Crippen molar-refractivity contribution in [3.8, 4) is 5.75 Å². The molecule has 0 aromatic carbocycles. The lowest BCUT2D eigenvalue weighted by molar-refractivity contribution is -0.142. The van der Waals surface area contributed by atoms with Crippen molar-refractivity contribution in [3.63, 3.8) is 0 Å². The maximum atomic E-state index is 12.7. The van der Waals surface area contributed by atoms with Crippen LogP contribution in [0.3, 0.4) is 0 Å². The molecule has 0 unspecified atom stereocenters. The number of hydrogen-bond donors (Lipinski definition) is 1. The van der Waals surface area contributed by atoms with Gasteiger partial charge in [-0.15, -0.1) is 0 Å². The number of ether oxygens (including phenoxy) is 1. The summed E-state index contributed by atoms with van der Waals surface area (Å²) in [6, 6.07) is 0. The summed E-state index contributed by atoms with van der Waals surface area (Å²) in [6.45, 7) is 0. The minimum Gasteiger partial charge on any atom is -0.505 e. The van der Waals surface area contributed by atoms with E-state index in [0.717, 1.165) is 7.11 Å². The molecule has 0 fully saturated rings. The van der Waals surface area contributed by atoms with Gasteiger partial charge in [0.25, 0.3) is 6.43 Å². The molecule has 0 radical (unpaired) electrons. The van der Waals surface area contributed by atoms with Gasteiger partial charge in [-0.2, -0.15) is 13.2 Å². The summed E-state index contributed by atoms with van der Waals surface area (Å²) in [5, 5.41) is 9.25. The average Bonchev–Trinajstić information content (AvgIpc) is 2.26. The summed E-state index contributed by atoms with van der Waals surface area (Å²) in [5.74, 6) is -2.69. The van der Waals surface area contributed by atoms with Gasteiger partial charge < -0.3 is 9.84 Å². The molecule has 0 spiro atoms. The van der Waals surface area contributed by atoms with Crippen molar-refractivity contribution in [2.75, 3.05) is 7.11 Å². The Hall–Kier alpha value is -1.93. The van der Waals surface area contributed by atoms with Crippen molar-refractivity contribution < 1.29 is 36.6 Å². The fourth-order valence-electron chi connectivity index (χ4n) is 1.39. The van der Waals surface area contributed by atoms with Gasteiger partial charge in [0.15, 0.2) is 5.75 Å². The number of pyridine rings is 1. The fraction of sp³-hybridized carbons (Fsp3) is 0.400. The van der Waals surface area contributed by atoms with Crippen LogP contribution in [0.4, 0.5) is 22.0 Å². The summed E-state index contributed by atoms with van der Waals surface area (Å²) in [4.78, 5) is 14.0. The molecule has 0 saturated carbocycles. The van der Waals surface area contributed by atoms with E-state index >= 15 is 0 Å². The molecule has 1 heterocycles. The fourth-order valence-corrected chi connectivity index (χ4v) is 1.39.